The van der Waals surface area contributed by atoms with E-state index >= 15 is 0 Å². The second-order valence-corrected chi connectivity index (χ2v) is 7.63. The van der Waals surface area contributed by atoms with E-state index < -0.39 is 0 Å². The molecule has 0 aliphatic carbocycles. The Kier molecular flexibility index (Phi) is 3.68. The highest BCUT2D eigenvalue weighted by atomic mass is 32.2. The van der Waals surface area contributed by atoms with Gasteiger partial charge in [-0.3, -0.25) is 0 Å². The summed E-state index contributed by atoms with van der Waals surface area (Å²) in [5, 5.41) is 1.58. The van der Waals surface area contributed by atoms with E-state index in [2.05, 4.69) is 82.1 Å². The lowest BCUT2D eigenvalue weighted by molar-refractivity contribution is -0.733. The molecule has 0 radical (unpaired) electrons. The van der Waals surface area contributed by atoms with Crippen LogP contribution in [0.5, 0.6) is 0 Å². The highest BCUT2D eigenvalue weighted by molar-refractivity contribution is 8.00. The summed E-state index contributed by atoms with van der Waals surface area (Å²) in [7, 11) is 0. The van der Waals surface area contributed by atoms with Gasteiger partial charge in [-0.2, -0.15) is 0 Å². The lowest BCUT2D eigenvalue weighted by Crippen LogP contribution is -2.54. The molecule has 2 aliphatic heterocycles. The van der Waals surface area contributed by atoms with Crippen LogP contribution in [0.1, 0.15) is 37.8 Å². The van der Waals surface area contributed by atoms with E-state index in [1.165, 1.54) is 25.7 Å². The molecule has 0 amide bonds. The summed E-state index contributed by atoms with van der Waals surface area (Å²) in [6.07, 6.45) is 14.3. The van der Waals surface area contributed by atoms with Crippen LogP contribution in [-0.2, 0) is 0 Å². The van der Waals surface area contributed by atoms with Crippen LogP contribution in [-0.4, -0.2) is 10.5 Å². The monoisotopic (exact) mass is 298 g/mol. The van der Waals surface area contributed by atoms with Gasteiger partial charge in [-0.15, -0.1) is 11.8 Å². The summed E-state index contributed by atoms with van der Waals surface area (Å²) in [6.45, 7) is 0. The summed E-state index contributed by atoms with van der Waals surface area (Å²) in [5.41, 5.74) is 0. The second-order valence-electron chi connectivity index (χ2n) is 6.15. The Labute approximate surface area is 130 Å². The van der Waals surface area contributed by atoms with Crippen LogP contribution in [0.25, 0.3) is 0 Å². The molecule has 4 rings (SSSR count). The van der Waals surface area contributed by atoms with Gasteiger partial charge in [0.05, 0.1) is 10.5 Å². The van der Waals surface area contributed by atoms with Crippen molar-refractivity contribution < 1.29 is 9.13 Å². The van der Waals surface area contributed by atoms with Crippen LogP contribution < -0.4 is 9.13 Å². The standard InChI is InChI=1S/C18H22N2S/c1-3-11-19(12-4-1)15-7-9-18-16(8-10-17(15)21-18)20-13-5-2-6-14-20/h1-6,11-18H,7-10H2/q+2. The SMILES string of the molecule is c1cc[n+](C2CCC3SC2CCC3[n+]2ccccc2)cc1. The van der Waals surface area contributed by atoms with Gasteiger partial charge in [-0.25, -0.2) is 9.13 Å². The van der Waals surface area contributed by atoms with Crippen molar-refractivity contribution in [2.45, 2.75) is 48.3 Å². The lowest BCUT2D eigenvalue weighted by Gasteiger charge is -2.38. The van der Waals surface area contributed by atoms with Crippen LogP contribution >= 0.6 is 11.8 Å². The van der Waals surface area contributed by atoms with Crippen molar-refractivity contribution in [2.24, 2.45) is 0 Å². The van der Waals surface area contributed by atoms with Crippen molar-refractivity contribution in [2.75, 3.05) is 0 Å². The molecule has 2 aromatic heterocycles. The van der Waals surface area contributed by atoms with E-state index in [0.29, 0.717) is 12.1 Å². The van der Waals surface area contributed by atoms with Crippen molar-refractivity contribution in [1.29, 1.82) is 0 Å². The van der Waals surface area contributed by atoms with E-state index in [-0.39, 0.29) is 0 Å². The van der Waals surface area contributed by atoms with Crippen LogP contribution in [0.15, 0.2) is 61.2 Å². The maximum Gasteiger partial charge on any atom is 0.170 e. The molecule has 4 atom stereocenters. The minimum atomic E-state index is 0.689. The van der Waals surface area contributed by atoms with Gasteiger partial charge in [0, 0.05) is 37.1 Å². The Balaban J connectivity index is 1.52. The van der Waals surface area contributed by atoms with Gasteiger partial charge in [0.15, 0.2) is 36.9 Å². The molecule has 0 N–H and O–H groups in total. The Morgan fingerprint density at radius 3 is 1.43 bits per heavy atom. The maximum atomic E-state index is 2.43. The summed E-state index contributed by atoms with van der Waals surface area (Å²) in [6, 6.07) is 14.2. The quantitative estimate of drug-likeness (QED) is 0.773. The zero-order valence-electron chi connectivity index (χ0n) is 12.2. The van der Waals surface area contributed by atoms with Crippen molar-refractivity contribution in [3.8, 4) is 0 Å². The minimum Gasteiger partial charge on any atom is -0.201 e. The van der Waals surface area contributed by atoms with Crippen LogP contribution in [0, 0.1) is 0 Å². The molecular formula is C18H22N2S+2. The molecule has 2 fully saturated rings. The minimum absolute atomic E-state index is 0.689. The summed E-state index contributed by atoms with van der Waals surface area (Å²) in [5.74, 6) is 0. The van der Waals surface area contributed by atoms with Gasteiger partial charge in [0.1, 0.15) is 0 Å². The molecule has 0 saturated carbocycles. The smallest absolute Gasteiger partial charge is 0.170 e. The molecule has 2 saturated heterocycles. The highest BCUT2D eigenvalue weighted by Crippen LogP contribution is 2.47. The number of aromatic nitrogens is 2. The second kappa shape index (κ2) is 5.80. The fraction of sp³-hybridized carbons (Fsp3) is 0.444. The van der Waals surface area contributed by atoms with Gasteiger partial charge < -0.3 is 0 Å². The number of hydrogen-bond acceptors (Lipinski definition) is 1. The van der Waals surface area contributed by atoms with Crippen LogP contribution in [0.4, 0.5) is 0 Å². The van der Waals surface area contributed by atoms with Crippen molar-refractivity contribution in [3.05, 3.63) is 61.2 Å². The predicted octanol–water partition coefficient (Wildman–Crippen LogP) is 3.10. The topological polar surface area (TPSA) is 7.76 Å². The first kappa shape index (κ1) is 13.3. The fourth-order valence-corrected chi connectivity index (χ4v) is 5.83. The molecule has 2 bridgehead atoms. The van der Waals surface area contributed by atoms with Gasteiger partial charge in [-0.05, 0) is 12.8 Å². The van der Waals surface area contributed by atoms with Crippen molar-refractivity contribution in [3.63, 3.8) is 0 Å². The van der Waals surface area contributed by atoms with E-state index in [0.717, 1.165) is 10.5 Å². The van der Waals surface area contributed by atoms with E-state index in [9.17, 15) is 0 Å². The third kappa shape index (κ3) is 2.59. The molecule has 2 aromatic rings. The molecule has 0 spiro atoms. The molecular weight excluding hydrogens is 276 g/mol. The zero-order valence-corrected chi connectivity index (χ0v) is 13.0. The molecule has 3 heteroatoms. The van der Waals surface area contributed by atoms with E-state index in [4.69, 9.17) is 0 Å². The zero-order chi connectivity index (χ0) is 14.1. The number of hydrogen-bond donors (Lipinski definition) is 0. The third-order valence-corrected chi connectivity index (χ3v) is 6.74. The third-order valence-electron chi connectivity index (χ3n) is 4.94. The molecule has 21 heavy (non-hydrogen) atoms. The van der Waals surface area contributed by atoms with E-state index in [1.807, 2.05) is 0 Å². The Morgan fingerprint density at radius 1 is 0.571 bits per heavy atom. The summed E-state index contributed by atoms with van der Waals surface area (Å²) >= 11 is 2.24. The number of fused-ring (bicyclic) bond motifs is 2. The van der Waals surface area contributed by atoms with Gasteiger partial charge in [-0.1, -0.05) is 12.1 Å². The average Bonchev–Trinajstić information content (AvgIpc) is 2.57. The lowest BCUT2D eigenvalue weighted by atomic mass is 9.91. The first-order valence-electron chi connectivity index (χ1n) is 7.99. The number of rotatable bonds is 2. The summed E-state index contributed by atoms with van der Waals surface area (Å²) < 4.78 is 4.87. The van der Waals surface area contributed by atoms with E-state index in [1.54, 1.807) is 0 Å². The highest BCUT2D eigenvalue weighted by Gasteiger charge is 2.46. The fourth-order valence-electron chi connectivity index (χ4n) is 3.92. The number of pyridine rings is 2. The molecule has 4 heterocycles. The first-order valence-corrected chi connectivity index (χ1v) is 8.93. The van der Waals surface area contributed by atoms with Crippen LogP contribution in [0.2, 0.25) is 0 Å². The summed E-state index contributed by atoms with van der Waals surface area (Å²) in [4.78, 5) is 0. The van der Waals surface area contributed by atoms with Crippen molar-refractivity contribution in [1.82, 2.24) is 0 Å². The molecule has 2 nitrogen and oxygen atoms in total. The molecule has 2 aliphatic rings. The van der Waals surface area contributed by atoms with Crippen molar-refractivity contribution >= 4 is 11.8 Å². The number of nitrogens with zero attached hydrogens (tertiary/aromatic N) is 2. The van der Waals surface area contributed by atoms with Gasteiger partial charge >= 0.3 is 0 Å². The Hall–Kier alpha value is -1.35. The Bertz CT molecular complexity index is 533. The normalized spacial score (nSPS) is 31.8. The molecule has 4 unspecified atom stereocenters. The van der Waals surface area contributed by atoms with Gasteiger partial charge in [0.2, 0.25) is 0 Å². The molecule has 0 aromatic carbocycles. The maximum absolute atomic E-state index is 2.43. The predicted molar refractivity (Wildman–Crippen MR) is 85.0 cm³/mol. The first-order chi connectivity index (χ1) is 10.4. The average molecular weight is 298 g/mol. The Morgan fingerprint density at radius 2 is 1.00 bits per heavy atom. The van der Waals surface area contributed by atoms with Gasteiger partial charge in [0.25, 0.3) is 0 Å². The number of thioether (sulfide) groups is 1. The van der Waals surface area contributed by atoms with Crippen LogP contribution in [0.3, 0.4) is 0 Å². The molecule has 108 valence electrons. The largest absolute Gasteiger partial charge is 0.201 e.